The minimum atomic E-state index is 0. The van der Waals surface area contributed by atoms with Gasteiger partial charge in [0.2, 0.25) is 0 Å². The molecule has 0 unspecified atom stereocenters. The fourth-order valence-electron chi connectivity index (χ4n) is 0.432. The largest absolute Gasteiger partial charge is 2.00 e. The summed E-state index contributed by atoms with van der Waals surface area (Å²) in [5, 5.41) is 0. The van der Waals surface area contributed by atoms with Gasteiger partial charge in [-0.15, -0.1) is 0 Å². The van der Waals surface area contributed by atoms with Gasteiger partial charge in [0.25, 0.3) is 0 Å². The van der Waals surface area contributed by atoms with Gasteiger partial charge in [0, 0.05) is 0 Å². The van der Waals surface area contributed by atoms with Crippen molar-refractivity contribution in [3.63, 3.8) is 0 Å². The van der Waals surface area contributed by atoms with Gasteiger partial charge >= 0.3 is 16.5 Å². The van der Waals surface area contributed by atoms with E-state index in [0.717, 1.165) is 0 Å². The Bertz CT molecular complexity index is 144. The molecule has 0 radical (unpaired) electrons. The van der Waals surface area contributed by atoms with E-state index in [1.54, 1.807) is 6.08 Å². The summed E-state index contributed by atoms with van der Waals surface area (Å²) in [6.45, 7) is 6.85. The van der Waals surface area contributed by atoms with Gasteiger partial charge in [-0.25, -0.2) is 24.3 Å². The molecule has 0 bridgehead atoms. The van der Waals surface area contributed by atoms with Crippen LogP contribution in [-0.4, -0.2) is 0 Å². The molecule has 0 aromatic heterocycles. The second-order valence-electron chi connectivity index (χ2n) is 1.68. The Kier molecular flexibility index (Phi) is 14.2. The molecule has 0 spiro atoms. The molecule has 1 heteroatoms. The van der Waals surface area contributed by atoms with Gasteiger partial charge in [-0.05, 0) is 0 Å². The molecule has 1 aromatic carbocycles. The van der Waals surface area contributed by atoms with Gasteiger partial charge in [0.1, 0.15) is 0 Å². The molecule has 0 aliphatic carbocycles. The molecule has 0 saturated heterocycles. The van der Waals surface area contributed by atoms with Crippen molar-refractivity contribution >= 4 is 0 Å². The van der Waals surface area contributed by atoms with Gasteiger partial charge < -0.3 is 0 Å². The number of hydrogen-bond acceptors (Lipinski definition) is 0. The van der Waals surface area contributed by atoms with Crippen molar-refractivity contribution in [3.05, 3.63) is 55.1 Å². The maximum atomic E-state index is 4.93. The normalized spacial score (nSPS) is 7.73. The summed E-state index contributed by atoms with van der Waals surface area (Å²) in [6, 6.07) is 10.0. The predicted octanol–water partition coefficient (Wildman–Crippen LogP) is 2.95. The first-order valence-corrected chi connectivity index (χ1v) is 3.24. The van der Waals surface area contributed by atoms with Gasteiger partial charge in [-0.3, -0.25) is 6.58 Å². The summed E-state index contributed by atoms with van der Waals surface area (Å²) in [6.07, 6.45) is 5.15. The molecule has 62 valence electrons. The molecule has 0 nitrogen and oxygen atoms in total. The van der Waals surface area contributed by atoms with Crippen molar-refractivity contribution < 1.29 is 16.5 Å². The summed E-state index contributed by atoms with van der Waals surface area (Å²) in [7, 11) is 0. The van der Waals surface area contributed by atoms with E-state index in [-0.39, 0.29) is 16.5 Å². The summed E-state index contributed by atoms with van der Waals surface area (Å²) < 4.78 is 0. The molecule has 0 aliphatic rings. The number of rotatable bonds is 1. The molecule has 0 fully saturated rings. The third-order valence-corrected chi connectivity index (χ3v) is 0.859. The van der Waals surface area contributed by atoms with Crippen LogP contribution in [0.5, 0.6) is 0 Å². The van der Waals surface area contributed by atoms with Gasteiger partial charge in [-0.1, -0.05) is 6.92 Å². The minimum Gasteiger partial charge on any atom is -0.293 e. The second kappa shape index (κ2) is 12.0. The molecule has 1 rings (SSSR count). The Labute approximate surface area is 78.9 Å². The van der Waals surface area contributed by atoms with Gasteiger partial charge in [-0.2, -0.15) is 24.3 Å². The maximum Gasteiger partial charge on any atom is 2.00 e. The Morgan fingerprint density at radius 1 is 1.27 bits per heavy atom. The van der Waals surface area contributed by atoms with E-state index in [9.17, 15) is 0 Å². The van der Waals surface area contributed by atoms with Crippen molar-refractivity contribution in [2.75, 3.05) is 0 Å². The van der Waals surface area contributed by atoms with Crippen molar-refractivity contribution in [2.45, 2.75) is 6.92 Å². The smallest absolute Gasteiger partial charge is 0.293 e. The van der Waals surface area contributed by atoms with Crippen molar-refractivity contribution in [3.8, 4) is 0 Å². The van der Waals surface area contributed by atoms with Gasteiger partial charge in [0.15, 0.2) is 0 Å². The first kappa shape index (κ1) is 13.0. The van der Waals surface area contributed by atoms with Crippen molar-refractivity contribution in [1.29, 1.82) is 0 Å². The van der Waals surface area contributed by atoms with Crippen LogP contribution in [0.15, 0.2) is 48.6 Å². The summed E-state index contributed by atoms with van der Waals surface area (Å²) >= 11 is 0. The zero-order valence-electron chi connectivity index (χ0n) is 6.51. The maximum absolute atomic E-state index is 4.93. The van der Waals surface area contributed by atoms with Crippen LogP contribution in [0.1, 0.15) is 6.92 Å². The van der Waals surface area contributed by atoms with E-state index in [4.69, 9.17) is 6.58 Å². The Balaban J connectivity index is 0. The number of allylic oxidation sites excluding steroid dienone is 3. The SMILES string of the molecule is [CH-]=CC=CC.[Ni+2].c1cc[cH-]c1. The summed E-state index contributed by atoms with van der Waals surface area (Å²) in [5.41, 5.74) is 0. The van der Waals surface area contributed by atoms with Gasteiger partial charge in [0.05, 0.1) is 0 Å². The first-order chi connectivity index (χ1) is 4.91. The minimum absolute atomic E-state index is 0. The average Bonchev–Trinajstić information content (AvgIpc) is 2.44. The zero-order chi connectivity index (χ0) is 7.66. The topological polar surface area (TPSA) is 0 Å². The van der Waals surface area contributed by atoms with Crippen molar-refractivity contribution in [1.82, 2.24) is 0 Å². The van der Waals surface area contributed by atoms with Crippen LogP contribution in [0.4, 0.5) is 0 Å². The quantitative estimate of drug-likeness (QED) is 0.363. The molecular weight excluding hydrogens is 179 g/mol. The zero-order valence-corrected chi connectivity index (χ0v) is 7.50. The van der Waals surface area contributed by atoms with Crippen LogP contribution in [0.3, 0.4) is 0 Å². The second-order valence-corrected chi connectivity index (χ2v) is 1.68. The van der Waals surface area contributed by atoms with Crippen LogP contribution in [0.2, 0.25) is 0 Å². The fourth-order valence-corrected chi connectivity index (χ4v) is 0.432. The Hall–Kier alpha value is -0.676. The molecule has 1 aromatic rings. The van der Waals surface area contributed by atoms with E-state index in [1.165, 1.54) is 6.08 Å². The molecule has 11 heavy (non-hydrogen) atoms. The molecule has 0 aliphatic heterocycles. The fraction of sp³-hybridized carbons (Fsp3) is 0.100. The third kappa shape index (κ3) is 12.5. The van der Waals surface area contributed by atoms with E-state index >= 15 is 0 Å². The standard InChI is InChI=1S/C5H5.C5H7.Ni/c1-2-4-5-3-1;1-3-5-4-2;/h1-5H;1,3-5H,2H3;/q2*-1;+2. The van der Waals surface area contributed by atoms with Crippen LogP contribution < -0.4 is 0 Å². The van der Waals surface area contributed by atoms with E-state index in [0.29, 0.717) is 0 Å². The Morgan fingerprint density at radius 2 is 1.82 bits per heavy atom. The summed E-state index contributed by atoms with van der Waals surface area (Å²) in [5.74, 6) is 0. The molecule has 0 N–H and O–H groups in total. The van der Waals surface area contributed by atoms with Crippen molar-refractivity contribution in [2.24, 2.45) is 0 Å². The average molecular weight is 191 g/mol. The van der Waals surface area contributed by atoms with Crippen LogP contribution >= 0.6 is 0 Å². The number of hydrogen-bond donors (Lipinski definition) is 0. The van der Waals surface area contributed by atoms with E-state index < -0.39 is 0 Å². The molecule has 0 atom stereocenters. The van der Waals surface area contributed by atoms with Crippen LogP contribution in [-0.2, 0) is 16.5 Å². The molecule has 0 amide bonds. The molecular formula is C10H12Ni. The monoisotopic (exact) mass is 190 g/mol. The summed E-state index contributed by atoms with van der Waals surface area (Å²) in [4.78, 5) is 0. The van der Waals surface area contributed by atoms with Crippen LogP contribution in [0.25, 0.3) is 0 Å². The van der Waals surface area contributed by atoms with Crippen LogP contribution in [0, 0.1) is 6.58 Å². The first-order valence-electron chi connectivity index (χ1n) is 3.24. The third-order valence-electron chi connectivity index (χ3n) is 0.859. The molecule has 0 saturated carbocycles. The van der Waals surface area contributed by atoms with E-state index in [1.807, 2.05) is 43.3 Å². The Morgan fingerprint density at radius 3 is 1.91 bits per heavy atom. The van der Waals surface area contributed by atoms with E-state index in [2.05, 4.69) is 0 Å². The predicted molar refractivity (Wildman–Crippen MR) is 45.7 cm³/mol. The molecule has 0 heterocycles.